The lowest BCUT2D eigenvalue weighted by Gasteiger charge is -2.39. The molecule has 2 aliphatic carbocycles. The Morgan fingerprint density at radius 1 is 1.21 bits per heavy atom. The number of benzene rings is 1. The monoisotopic (exact) mass is 522 g/mol. The molecule has 1 N–H and O–H groups in total. The van der Waals surface area contributed by atoms with Crippen LogP contribution < -0.4 is 5.32 Å². The first-order valence-corrected chi connectivity index (χ1v) is 10.3. The SMILES string of the molecule is CCNC(=NCC1C2Cc3ccccc3C12)N1CCN(C(C)C(F)(F)F)CC1.I. The quantitative estimate of drug-likeness (QED) is 0.372. The molecule has 0 bridgehead atoms. The van der Waals surface area contributed by atoms with Crippen molar-refractivity contribution in [3.05, 3.63) is 35.4 Å². The second kappa shape index (κ2) is 8.99. The second-order valence-electron chi connectivity index (χ2n) is 8.19. The van der Waals surface area contributed by atoms with E-state index in [4.69, 9.17) is 4.99 Å². The lowest BCUT2D eigenvalue weighted by molar-refractivity contribution is -0.181. The molecule has 0 amide bonds. The molecule has 3 aliphatic rings. The number of alkyl halides is 3. The molecule has 8 heteroatoms. The lowest BCUT2D eigenvalue weighted by atomic mass is 10.0. The number of piperazine rings is 1. The van der Waals surface area contributed by atoms with Crippen molar-refractivity contribution >= 4 is 29.9 Å². The van der Waals surface area contributed by atoms with Crippen LogP contribution >= 0.6 is 24.0 Å². The van der Waals surface area contributed by atoms with Crippen molar-refractivity contribution in [2.24, 2.45) is 16.8 Å². The summed E-state index contributed by atoms with van der Waals surface area (Å²) in [5.41, 5.74) is 2.98. The number of hydrogen-bond acceptors (Lipinski definition) is 2. The van der Waals surface area contributed by atoms with Gasteiger partial charge in [0, 0.05) is 39.3 Å². The predicted molar refractivity (Wildman–Crippen MR) is 120 cm³/mol. The summed E-state index contributed by atoms with van der Waals surface area (Å²) < 4.78 is 38.9. The molecule has 1 aromatic carbocycles. The van der Waals surface area contributed by atoms with Gasteiger partial charge in [0.1, 0.15) is 6.04 Å². The fourth-order valence-corrected chi connectivity index (χ4v) is 4.88. The van der Waals surface area contributed by atoms with Gasteiger partial charge in [-0.05, 0) is 49.1 Å². The molecule has 1 aromatic rings. The Balaban J connectivity index is 0.00000240. The van der Waals surface area contributed by atoms with Crippen LogP contribution in [0.15, 0.2) is 29.3 Å². The number of nitrogens with one attached hydrogen (secondary N) is 1. The highest BCUT2D eigenvalue weighted by molar-refractivity contribution is 14.0. The maximum atomic E-state index is 13.0. The molecule has 1 saturated carbocycles. The average molecular weight is 522 g/mol. The molecule has 2 fully saturated rings. The van der Waals surface area contributed by atoms with Gasteiger partial charge in [-0.3, -0.25) is 9.89 Å². The van der Waals surface area contributed by atoms with Crippen molar-refractivity contribution in [3.63, 3.8) is 0 Å². The van der Waals surface area contributed by atoms with Crippen molar-refractivity contribution < 1.29 is 13.2 Å². The molecule has 1 aliphatic heterocycles. The summed E-state index contributed by atoms with van der Waals surface area (Å²) in [5.74, 6) is 2.82. The van der Waals surface area contributed by atoms with Gasteiger partial charge in [-0.1, -0.05) is 24.3 Å². The van der Waals surface area contributed by atoms with Crippen LogP contribution in [0.3, 0.4) is 0 Å². The fourth-order valence-electron chi connectivity index (χ4n) is 4.88. The summed E-state index contributed by atoms with van der Waals surface area (Å²) in [6.07, 6.45) is -3.01. The van der Waals surface area contributed by atoms with Gasteiger partial charge in [0.15, 0.2) is 5.96 Å². The van der Waals surface area contributed by atoms with Crippen LogP contribution in [0.1, 0.15) is 30.9 Å². The van der Waals surface area contributed by atoms with Gasteiger partial charge in [0.2, 0.25) is 0 Å². The molecule has 29 heavy (non-hydrogen) atoms. The Morgan fingerprint density at radius 2 is 1.90 bits per heavy atom. The predicted octanol–water partition coefficient (Wildman–Crippen LogP) is 3.72. The third kappa shape index (κ3) is 4.68. The molecule has 4 unspecified atom stereocenters. The number of aliphatic imine (C=N–C) groups is 1. The number of fused-ring (bicyclic) bond motifs is 3. The minimum Gasteiger partial charge on any atom is -0.357 e. The second-order valence-corrected chi connectivity index (χ2v) is 8.19. The Kier molecular flexibility index (Phi) is 7.03. The van der Waals surface area contributed by atoms with E-state index in [2.05, 4.69) is 34.5 Å². The minimum atomic E-state index is -4.17. The number of rotatable bonds is 4. The molecule has 1 saturated heterocycles. The maximum Gasteiger partial charge on any atom is 0.403 e. The van der Waals surface area contributed by atoms with Crippen LogP contribution in [-0.4, -0.2) is 67.2 Å². The molecule has 0 radical (unpaired) electrons. The third-order valence-corrected chi connectivity index (χ3v) is 6.62. The highest BCUT2D eigenvalue weighted by Gasteiger charge is 2.55. The standard InChI is InChI=1S/C21H29F3N4.HI/c1-3-25-20(28-10-8-27(9-11-28)14(2)21(22,23)24)26-13-18-17-12-15-6-4-5-7-16(15)19(17)18;/h4-7,14,17-19H,3,8-13H2,1-2H3,(H,25,26);1H. The first-order valence-electron chi connectivity index (χ1n) is 10.3. The Bertz CT molecular complexity index is 731. The largest absolute Gasteiger partial charge is 0.403 e. The topological polar surface area (TPSA) is 30.9 Å². The van der Waals surface area contributed by atoms with Gasteiger partial charge in [-0.25, -0.2) is 0 Å². The van der Waals surface area contributed by atoms with Gasteiger partial charge in [0.25, 0.3) is 0 Å². The number of halogens is 4. The summed E-state index contributed by atoms with van der Waals surface area (Å²) >= 11 is 0. The zero-order valence-electron chi connectivity index (χ0n) is 17.0. The van der Waals surface area contributed by atoms with E-state index in [0.29, 0.717) is 43.9 Å². The van der Waals surface area contributed by atoms with E-state index in [1.165, 1.54) is 23.0 Å². The van der Waals surface area contributed by atoms with Gasteiger partial charge in [-0.15, -0.1) is 24.0 Å². The van der Waals surface area contributed by atoms with Crippen LogP contribution in [0.2, 0.25) is 0 Å². The van der Waals surface area contributed by atoms with Crippen LogP contribution in [0.4, 0.5) is 13.2 Å². The molecule has 4 rings (SSSR count). The smallest absolute Gasteiger partial charge is 0.357 e. The maximum absolute atomic E-state index is 13.0. The molecule has 162 valence electrons. The van der Waals surface area contributed by atoms with E-state index in [1.54, 1.807) is 0 Å². The zero-order valence-corrected chi connectivity index (χ0v) is 19.3. The van der Waals surface area contributed by atoms with Crippen LogP contribution in [0.25, 0.3) is 0 Å². The Hall–Kier alpha value is -1.03. The first-order chi connectivity index (χ1) is 13.4. The Morgan fingerprint density at radius 3 is 2.55 bits per heavy atom. The van der Waals surface area contributed by atoms with E-state index in [0.717, 1.165) is 25.5 Å². The molecule has 1 heterocycles. The van der Waals surface area contributed by atoms with Crippen LogP contribution in [-0.2, 0) is 6.42 Å². The third-order valence-electron chi connectivity index (χ3n) is 6.62. The van der Waals surface area contributed by atoms with E-state index in [-0.39, 0.29) is 24.0 Å². The van der Waals surface area contributed by atoms with Crippen molar-refractivity contribution in [2.45, 2.75) is 38.4 Å². The zero-order chi connectivity index (χ0) is 19.9. The average Bonchev–Trinajstić information content (AvgIpc) is 3.21. The number of hydrogen-bond donors (Lipinski definition) is 1. The van der Waals surface area contributed by atoms with Gasteiger partial charge < -0.3 is 10.2 Å². The fraction of sp³-hybridized carbons (Fsp3) is 0.667. The summed E-state index contributed by atoms with van der Waals surface area (Å²) in [6.45, 7) is 6.81. The van der Waals surface area contributed by atoms with Crippen molar-refractivity contribution in [2.75, 3.05) is 39.3 Å². The summed E-state index contributed by atoms with van der Waals surface area (Å²) in [4.78, 5) is 8.49. The first kappa shape index (κ1) is 22.7. The summed E-state index contributed by atoms with van der Waals surface area (Å²) in [6, 6.07) is 7.31. The number of nitrogens with zero attached hydrogens (tertiary/aromatic N) is 3. The minimum absolute atomic E-state index is 0. The van der Waals surface area contributed by atoms with Crippen molar-refractivity contribution in [3.8, 4) is 0 Å². The highest BCUT2D eigenvalue weighted by Crippen LogP contribution is 2.61. The summed E-state index contributed by atoms with van der Waals surface area (Å²) in [5, 5.41) is 3.33. The molecule has 0 spiro atoms. The molecule has 4 atom stereocenters. The number of guanidine groups is 1. The lowest BCUT2D eigenvalue weighted by Crippen LogP contribution is -2.56. The van der Waals surface area contributed by atoms with Gasteiger partial charge in [0.05, 0.1) is 0 Å². The van der Waals surface area contributed by atoms with E-state index in [1.807, 2.05) is 6.92 Å². The van der Waals surface area contributed by atoms with Gasteiger partial charge >= 0.3 is 6.18 Å². The van der Waals surface area contributed by atoms with E-state index in [9.17, 15) is 13.2 Å². The molecular weight excluding hydrogens is 492 g/mol. The highest BCUT2D eigenvalue weighted by atomic mass is 127. The normalized spacial score (nSPS) is 27.7. The van der Waals surface area contributed by atoms with E-state index < -0.39 is 12.2 Å². The van der Waals surface area contributed by atoms with E-state index >= 15 is 0 Å². The molecule has 0 aromatic heterocycles. The molecule has 4 nitrogen and oxygen atoms in total. The van der Waals surface area contributed by atoms with Crippen molar-refractivity contribution in [1.29, 1.82) is 0 Å². The van der Waals surface area contributed by atoms with Gasteiger partial charge in [-0.2, -0.15) is 13.2 Å². The molecular formula is C21H30F3IN4. The van der Waals surface area contributed by atoms with Crippen LogP contribution in [0, 0.1) is 11.8 Å². The van der Waals surface area contributed by atoms with Crippen LogP contribution in [0.5, 0.6) is 0 Å². The summed E-state index contributed by atoms with van der Waals surface area (Å²) in [7, 11) is 0. The van der Waals surface area contributed by atoms with Crippen molar-refractivity contribution in [1.82, 2.24) is 15.1 Å². The Labute approximate surface area is 187 Å².